The van der Waals surface area contributed by atoms with Gasteiger partial charge in [0.05, 0.1) is 15.1 Å². The van der Waals surface area contributed by atoms with Gasteiger partial charge in [0.2, 0.25) is 0 Å². The van der Waals surface area contributed by atoms with Crippen LogP contribution in [0, 0.1) is 0 Å². The van der Waals surface area contributed by atoms with Gasteiger partial charge in [-0.1, -0.05) is 55.1 Å². The average molecular weight is 478 g/mol. The van der Waals surface area contributed by atoms with Gasteiger partial charge in [-0.05, 0) is 18.9 Å². The summed E-state index contributed by atoms with van der Waals surface area (Å²) in [5, 5.41) is 0.659. The summed E-state index contributed by atoms with van der Waals surface area (Å²) in [5.74, 6) is -0.417. The Morgan fingerprint density at radius 3 is 2.43 bits per heavy atom. The van der Waals surface area contributed by atoms with Crippen LogP contribution in [0.5, 0.6) is 5.75 Å². The first-order chi connectivity index (χ1) is 14.2. The predicted octanol–water partition coefficient (Wildman–Crippen LogP) is 3.70. The quantitative estimate of drug-likeness (QED) is 0.535. The zero-order chi connectivity index (χ0) is 22.4. The molecule has 30 heavy (non-hydrogen) atoms. The number of carbonyl (C=O) groups excluding carboxylic acids is 1. The topological polar surface area (TPSA) is 110 Å². The van der Waals surface area contributed by atoms with E-state index in [1.807, 2.05) is 13.8 Å². The van der Waals surface area contributed by atoms with Gasteiger partial charge < -0.3 is 15.4 Å². The highest BCUT2D eigenvalue weighted by molar-refractivity contribution is 6.43. The normalized spacial score (nSPS) is 10.8. The molecule has 3 N–H and O–H groups in total. The van der Waals surface area contributed by atoms with Crippen LogP contribution in [0.3, 0.4) is 0 Å². The third-order valence-corrected chi connectivity index (χ3v) is 5.31. The number of nitrogen functional groups attached to an aromatic ring is 1. The number of ether oxygens (including phenoxy) is 1. The second-order valence-electron chi connectivity index (χ2n) is 6.53. The molecule has 0 aliphatic carbocycles. The number of nitrogens with one attached hydrogen (secondary N) is 1. The van der Waals surface area contributed by atoms with E-state index in [-0.39, 0.29) is 38.9 Å². The maximum absolute atomic E-state index is 12.9. The standard InChI is InChI=1S/C19H23Cl3N4O4/c1-3-5-7-25(16-17(23)26(6-4-2)19(29)24-18(16)28)15(27)10-30-14-9-12(21)11(20)8-13(14)22/h8-9H,3-7,10,23H2,1-2H3,(H,24,28,29). The van der Waals surface area contributed by atoms with Gasteiger partial charge in [-0.25, -0.2) is 4.79 Å². The van der Waals surface area contributed by atoms with Gasteiger partial charge in [0, 0.05) is 19.2 Å². The van der Waals surface area contributed by atoms with E-state index in [1.165, 1.54) is 21.6 Å². The molecule has 1 aromatic carbocycles. The van der Waals surface area contributed by atoms with E-state index in [1.54, 1.807) is 0 Å². The summed E-state index contributed by atoms with van der Waals surface area (Å²) >= 11 is 18.0. The molecule has 0 saturated carbocycles. The number of amides is 1. The van der Waals surface area contributed by atoms with E-state index in [9.17, 15) is 14.4 Å². The van der Waals surface area contributed by atoms with Gasteiger partial charge in [0.1, 0.15) is 11.6 Å². The highest BCUT2D eigenvalue weighted by Crippen LogP contribution is 2.34. The summed E-state index contributed by atoms with van der Waals surface area (Å²) in [6.45, 7) is 3.92. The molecule has 0 atom stereocenters. The molecule has 2 aromatic rings. The van der Waals surface area contributed by atoms with Gasteiger partial charge in [-0.15, -0.1) is 0 Å². The van der Waals surface area contributed by atoms with Gasteiger partial charge in [0.25, 0.3) is 11.5 Å². The number of nitrogens with zero attached hydrogens (tertiary/aromatic N) is 2. The largest absolute Gasteiger partial charge is 0.482 e. The second kappa shape index (κ2) is 10.7. The van der Waals surface area contributed by atoms with Crippen molar-refractivity contribution in [1.29, 1.82) is 0 Å². The van der Waals surface area contributed by atoms with Crippen LogP contribution in [0.4, 0.5) is 11.5 Å². The number of carbonyl (C=O) groups is 1. The first kappa shape index (κ1) is 24.1. The van der Waals surface area contributed by atoms with Crippen molar-refractivity contribution in [2.24, 2.45) is 0 Å². The number of H-pyrrole nitrogens is 1. The van der Waals surface area contributed by atoms with Gasteiger partial charge in [0.15, 0.2) is 12.3 Å². The van der Waals surface area contributed by atoms with E-state index in [0.29, 0.717) is 19.4 Å². The monoisotopic (exact) mass is 476 g/mol. The molecule has 0 aliphatic heterocycles. The average Bonchev–Trinajstić information content (AvgIpc) is 2.69. The lowest BCUT2D eigenvalue weighted by Gasteiger charge is -2.24. The number of hydrogen-bond acceptors (Lipinski definition) is 5. The Labute approximate surface area is 188 Å². The Hall–Kier alpha value is -2.16. The van der Waals surface area contributed by atoms with Crippen molar-refractivity contribution in [2.75, 3.05) is 23.8 Å². The highest BCUT2D eigenvalue weighted by Gasteiger charge is 2.24. The molecule has 2 rings (SSSR count). The predicted molar refractivity (Wildman–Crippen MR) is 120 cm³/mol. The number of aromatic nitrogens is 2. The Bertz CT molecular complexity index is 1040. The van der Waals surface area contributed by atoms with E-state index < -0.39 is 23.8 Å². The molecular weight excluding hydrogens is 455 g/mol. The summed E-state index contributed by atoms with van der Waals surface area (Å²) < 4.78 is 6.75. The maximum Gasteiger partial charge on any atom is 0.330 e. The lowest BCUT2D eigenvalue weighted by Crippen LogP contribution is -2.43. The minimum atomic E-state index is -0.734. The van der Waals surface area contributed by atoms with E-state index >= 15 is 0 Å². The summed E-state index contributed by atoms with van der Waals surface area (Å²) in [4.78, 5) is 41.0. The second-order valence-corrected chi connectivity index (χ2v) is 7.75. The van der Waals surface area contributed by atoms with Crippen LogP contribution in [0.15, 0.2) is 21.7 Å². The molecule has 0 spiro atoms. The Morgan fingerprint density at radius 2 is 1.80 bits per heavy atom. The van der Waals surface area contributed by atoms with E-state index in [2.05, 4.69) is 4.98 Å². The van der Waals surface area contributed by atoms with Crippen molar-refractivity contribution < 1.29 is 9.53 Å². The Kier molecular flexibility index (Phi) is 8.64. The number of anilines is 2. The summed E-state index contributed by atoms with van der Waals surface area (Å²) in [5.41, 5.74) is 4.67. The maximum atomic E-state index is 12.9. The molecule has 11 heteroatoms. The van der Waals surface area contributed by atoms with Crippen LogP contribution < -0.4 is 26.6 Å². The van der Waals surface area contributed by atoms with Crippen LogP contribution >= 0.6 is 34.8 Å². The molecule has 8 nitrogen and oxygen atoms in total. The molecule has 0 fully saturated rings. The van der Waals surface area contributed by atoms with Crippen molar-refractivity contribution in [3.05, 3.63) is 48.0 Å². The molecular formula is C19H23Cl3N4O4. The third-order valence-electron chi connectivity index (χ3n) is 4.29. The van der Waals surface area contributed by atoms with Crippen molar-refractivity contribution >= 4 is 52.2 Å². The Balaban J connectivity index is 2.37. The van der Waals surface area contributed by atoms with Gasteiger partial charge in [-0.2, -0.15) is 0 Å². The smallest absolute Gasteiger partial charge is 0.330 e. The zero-order valence-electron chi connectivity index (χ0n) is 16.6. The van der Waals surface area contributed by atoms with Crippen LogP contribution in [0.25, 0.3) is 0 Å². The molecule has 1 amide bonds. The fraction of sp³-hybridized carbons (Fsp3) is 0.421. The summed E-state index contributed by atoms with van der Waals surface area (Å²) in [6.07, 6.45) is 2.01. The molecule has 164 valence electrons. The minimum Gasteiger partial charge on any atom is -0.482 e. The fourth-order valence-electron chi connectivity index (χ4n) is 2.79. The van der Waals surface area contributed by atoms with Gasteiger partial charge in [-0.3, -0.25) is 19.1 Å². The fourth-order valence-corrected chi connectivity index (χ4v) is 3.38. The number of hydrogen-bond donors (Lipinski definition) is 2. The SMILES string of the molecule is CCCCN(C(=O)COc1cc(Cl)c(Cl)cc1Cl)c1c(N)n(CCC)c(=O)[nH]c1=O. The number of rotatable bonds is 9. The number of benzene rings is 1. The van der Waals surface area contributed by atoms with Crippen molar-refractivity contribution in [1.82, 2.24) is 9.55 Å². The first-order valence-corrected chi connectivity index (χ1v) is 10.5. The van der Waals surface area contributed by atoms with Crippen LogP contribution in [0.2, 0.25) is 15.1 Å². The lowest BCUT2D eigenvalue weighted by atomic mass is 10.2. The Morgan fingerprint density at radius 1 is 1.13 bits per heavy atom. The molecule has 1 heterocycles. The van der Waals surface area contributed by atoms with Gasteiger partial charge >= 0.3 is 5.69 Å². The molecule has 0 unspecified atom stereocenters. The highest BCUT2D eigenvalue weighted by atomic mass is 35.5. The third kappa shape index (κ3) is 5.50. The minimum absolute atomic E-state index is 0.0670. The van der Waals surface area contributed by atoms with Crippen LogP contribution in [-0.2, 0) is 11.3 Å². The number of nitrogens with two attached hydrogens (primary N) is 1. The van der Waals surface area contributed by atoms with E-state index in [4.69, 9.17) is 45.3 Å². The first-order valence-electron chi connectivity index (χ1n) is 9.41. The summed E-state index contributed by atoms with van der Waals surface area (Å²) in [6, 6.07) is 2.81. The molecule has 0 radical (unpaired) electrons. The molecule has 0 saturated heterocycles. The lowest BCUT2D eigenvalue weighted by molar-refractivity contribution is -0.120. The van der Waals surface area contributed by atoms with Crippen molar-refractivity contribution in [3.8, 4) is 5.75 Å². The molecule has 0 aliphatic rings. The van der Waals surface area contributed by atoms with E-state index in [0.717, 1.165) is 6.42 Å². The molecule has 1 aromatic heterocycles. The summed E-state index contributed by atoms with van der Waals surface area (Å²) in [7, 11) is 0. The molecule has 0 bridgehead atoms. The number of unbranched alkanes of at least 4 members (excludes halogenated alkanes) is 1. The number of aromatic amines is 1. The van der Waals surface area contributed by atoms with Crippen LogP contribution in [-0.4, -0.2) is 28.6 Å². The van der Waals surface area contributed by atoms with Crippen LogP contribution in [0.1, 0.15) is 33.1 Å². The van der Waals surface area contributed by atoms with Crippen molar-refractivity contribution in [3.63, 3.8) is 0 Å². The number of halogens is 3. The zero-order valence-corrected chi connectivity index (χ0v) is 18.9. The van der Waals surface area contributed by atoms with Crippen molar-refractivity contribution in [2.45, 2.75) is 39.7 Å².